The second-order valence-electron chi connectivity index (χ2n) is 6.94. The average molecular weight is 397 g/mol. The number of fused-ring (bicyclic) bond motifs is 1. The van der Waals surface area contributed by atoms with E-state index in [-0.39, 0.29) is 0 Å². The van der Waals surface area contributed by atoms with E-state index >= 15 is 0 Å². The summed E-state index contributed by atoms with van der Waals surface area (Å²) in [7, 11) is 0. The second-order valence-corrected chi connectivity index (χ2v) is 6.94. The highest BCUT2D eigenvalue weighted by Crippen LogP contribution is 2.21. The van der Waals surface area contributed by atoms with Crippen LogP contribution in [0.2, 0.25) is 0 Å². The molecule has 0 aliphatic rings. The molecule has 0 spiro atoms. The van der Waals surface area contributed by atoms with Crippen molar-refractivity contribution in [2.24, 2.45) is 0 Å². The first-order valence-electron chi connectivity index (χ1n) is 9.51. The SMILES string of the molecule is Nc1cc(Cc2cnn(-c3cccc(OCc4ccccc4)c3)c2)c2n[nH]nc2n1. The second kappa shape index (κ2) is 7.67. The van der Waals surface area contributed by atoms with Crippen molar-refractivity contribution in [2.45, 2.75) is 13.0 Å². The molecule has 0 unspecified atom stereocenters. The standard InChI is InChI=1S/C22H19N7O/c23-20-10-17(21-22(25-20)27-28-26-21)9-16-12-24-29(13-16)18-7-4-8-19(11-18)30-14-15-5-2-1-3-6-15/h1-8,10-13H,9,14H2,(H3,23,25,26,27,28). The summed E-state index contributed by atoms with van der Waals surface area (Å²) in [5.41, 5.74) is 11.2. The largest absolute Gasteiger partial charge is 0.489 e. The molecule has 8 nitrogen and oxygen atoms in total. The highest BCUT2D eigenvalue weighted by atomic mass is 16.5. The first kappa shape index (κ1) is 17.9. The van der Waals surface area contributed by atoms with Gasteiger partial charge in [0.15, 0.2) is 0 Å². The molecule has 0 bridgehead atoms. The molecule has 2 aromatic carbocycles. The van der Waals surface area contributed by atoms with Crippen LogP contribution in [-0.4, -0.2) is 30.2 Å². The molecule has 3 aromatic heterocycles. The fraction of sp³-hybridized carbons (Fsp3) is 0.0909. The summed E-state index contributed by atoms with van der Waals surface area (Å²) < 4.78 is 7.76. The molecular formula is C22H19N7O. The zero-order valence-corrected chi connectivity index (χ0v) is 16.1. The average Bonchev–Trinajstić information content (AvgIpc) is 3.43. The predicted octanol–water partition coefficient (Wildman–Crippen LogP) is 3.29. The van der Waals surface area contributed by atoms with Crippen molar-refractivity contribution in [2.75, 3.05) is 5.73 Å². The molecule has 8 heteroatoms. The van der Waals surface area contributed by atoms with E-state index in [1.807, 2.05) is 77.7 Å². The maximum absolute atomic E-state index is 5.93. The number of hydrogen-bond acceptors (Lipinski definition) is 6. The van der Waals surface area contributed by atoms with Crippen LogP contribution in [0.1, 0.15) is 16.7 Å². The number of rotatable bonds is 6. The molecule has 0 saturated carbocycles. The molecule has 3 heterocycles. The van der Waals surface area contributed by atoms with Gasteiger partial charge >= 0.3 is 0 Å². The summed E-state index contributed by atoms with van der Waals surface area (Å²) in [6, 6.07) is 19.8. The topological polar surface area (TPSA) is 108 Å². The first-order valence-corrected chi connectivity index (χ1v) is 9.51. The monoisotopic (exact) mass is 397 g/mol. The van der Waals surface area contributed by atoms with E-state index in [9.17, 15) is 0 Å². The third-order valence-electron chi connectivity index (χ3n) is 4.75. The number of H-pyrrole nitrogens is 1. The van der Waals surface area contributed by atoms with E-state index < -0.39 is 0 Å². The molecule has 0 amide bonds. The van der Waals surface area contributed by atoms with Gasteiger partial charge in [0.2, 0.25) is 5.65 Å². The number of aromatic nitrogens is 6. The number of aromatic amines is 1. The Kier molecular flexibility index (Phi) is 4.57. The third-order valence-corrected chi connectivity index (χ3v) is 4.75. The lowest BCUT2D eigenvalue weighted by atomic mass is 10.1. The molecule has 5 rings (SSSR count). The number of nitrogens with two attached hydrogens (primary N) is 1. The Morgan fingerprint density at radius 1 is 0.967 bits per heavy atom. The highest BCUT2D eigenvalue weighted by molar-refractivity contribution is 5.76. The van der Waals surface area contributed by atoms with Crippen LogP contribution in [0.4, 0.5) is 5.82 Å². The molecule has 148 valence electrons. The molecule has 0 atom stereocenters. The van der Waals surface area contributed by atoms with E-state index in [2.05, 4.69) is 25.5 Å². The summed E-state index contributed by atoms with van der Waals surface area (Å²) in [6.45, 7) is 0.520. The van der Waals surface area contributed by atoms with Crippen molar-refractivity contribution in [1.29, 1.82) is 0 Å². The van der Waals surface area contributed by atoms with Gasteiger partial charge in [-0.25, -0.2) is 9.67 Å². The normalized spacial score (nSPS) is 11.1. The van der Waals surface area contributed by atoms with Gasteiger partial charge < -0.3 is 10.5 Å². The zero-order valence-electron chi connectivity index (χ0n) is 16.1. The minimum absolute atomic E-state index is 0.419. The van der Waals surface area contributed by atoms with E-state index in [0.717, 1.165) is 28.1 Å². The van der Waals surface area contributed by atoms with Gasteiger partial charge in [-0.1, -0.05) is 36.4 Å². The van der Waals surface area contributed by atoms with Crippen molar-refractivity contribution in [1.82, 2.24) is 30.2 Å². The number of nitrogens with one attached hydrogen (secondary N) is 1. The minimum atomic E-state index is 0.419. The van der Waals surface area contributed by atoms with Crippen LogP contribution in [0.3, 0.4) is 0 Å². The molecule has 3 N–H and O–H groups in total. The summed E-state index contributed by atoms with van der Waals surface area (Å²) in [5.74, 6) is 1.21. The van der Waals surface area contributed by atoms with E-state index in [1.165, 1.54) is 0 Å². The fourth-order valence-corrected chi connectivity index (χ4v) is 3.32. The predicted molar refractivity (Wildman–Crippen MR) is 113 cm³/mol. The Bertz CT molecular complexity index is 1290. The maximum Gasteiger partial charge on any atom is 0.203 e. The van der Waals surface area contributed by atoms with E-state index in [0.29, 0.717) is 30.0 Å². The van der Waals surface area contributed by atoms with Gasteiger partial charge in [0, 0.05) is 18.7 Å². The van der Waals surface area contributed by atoms with Gasteiger partial charge in [-0.15, -0.1) is 5.10 Å². The molecule has 0 aliphatic heterocycles. The lowest BCUT2D eigenvalue weighted by molar-refractivity contribution is 0.306. The van der Waals surface area contributed by atoms with Gasteiger partial charge in [0.1, 0.15) is 23.7 Å². The quantitative estimate of drug-likeness (QED) is 0.455. The Labute approximate surface area is 172 Å². The van der Waals surface area contributed by atoms with Crippen molar-refractivity contribution < 1.29 is 4.74 Å². The van der Waals surface area contributed by atoms with Crippen LogP contribution in [0.5, 0.6) is 5.75 Å². The number of nitrogens with zero attached hydrogens (tertiary/aromatic N) is 5. The Morgan fingerprint density at radius 3 is 2.77 bits per heavy atom. The van der Waals surface area contributed by atoms with E-state index in [4.69, 9.17) is 10.5 Å². The third kappa shape index (κ3) is 3.70. The fourth-order valence-electron chi connectivity index (χ4n) is 3.32. The van der Waals surface area contributed by atoms with Gasteiger partial charge in [-0.3, -0.25) is 0 Å². The van der Waals surface area contributed by atoms with Crippen molar-refractivity contribution in [3.63, 3.8) is 0 Å². The zero-order chi connectivity index (χ0) is 20.3. The molecule has 0 radical (unpaired) electrons. The van der Waals surface area contributed by atoms with Crippen molar-refractivity contribution in [3.8, 4) is 11.4 Å². The van der Waals surface area contributed by atoms with Gasteiger partial charge in [-0.2, -0.15) is 15.4 Å². The number of pyridine rings is 1. The smallest absolute Gasteiger partial charge is 0.203 e. The number of anilines is 1. The van der Waals surface area contributed by atoms with E-state index in [1.54, 1.807) is 0 Å². The number of benzene rings is 2. The van der Waals surface area contributed by atoms with Crippen molar-refractivity contribution in [3.05, 3.63) is 89.7 Å². The molecule has 0 aliphatic carbocycles. The van der Waals surface area contributed by atoms with Crippen LogP contribution in [0.25, 0.3) is 16.9 Å². The maximum atomic E-state index is 5.93. The Hall–Kier alpha value is -4.20. The van der Waals surface area contributed by atoms with Gasteiger partial charge in [0.25, 0.3) is 0 Å². The van der Waals surface area contributed by atoms with Crippen molar-refractivity contribution >= 4 is 17.0 Å². The van der Waals surface area contributed by atoms with Crippen LogP contribution >= 0.6 is 0 Å². The van der Waals surface area contributed by atoms with Crippen LogP contribution < -0.4 is 10.5 Å². The first-order chi connectivity index (χ1) is 14.7. The minimum Gasteiger partial charge on any atom is -0.489 e. The van der Waals surface area contributed by atoms with Crippen LogP contribution in [-0.2, 0) is 13.0 Å². The number of ether oxygens (including phenoxy) is 1. The highest BCUT2D eigenvalue weighted by Gasteiger charge is 2.11. The molecular weight excluding hydrogens is 378 g/mol. The summed E-state index contributed by atoms with van der Waals surface area (Å²) in [5, 5.41) is 15.3. The molecule has 0 saturated heterocycles. The van der Waals surface area contributed by atoms with Gasteiger partial charge in [-0.05, 0) is 34.9 Å². The Morgan fingerprint density at radius 2 is 1.87 bits per heavy atom. The summed E-state index contributed by atoms with van der Waals surface area (Å²) in [4.78, 5) is 4.18. The number of hydrogen-bond donors (Lipinski definition) is 2. The number of nitrogen functional groups attached to an aromatic ring is 1. The lowest BCUT2D eigenvalue weighted by Crippen LogP contribution is -1.98. The van der Waals surface area contributed by atoms with Gasteiger partial charge in [0.05, 0.1) is 11.9 Å². The molecule has 5 aromatic rings. The summed E-state index contributed by atoms with van der Waals surface area (Å²) >= 11 is 0. The Balaban J connectivity index is 1.34. The molecule has 30 heavy (non-hydrogen) atoms. The lowest BCUT2D eigenvalue weighted by Gasteiger charge is -2.08. The van der Waals surface area contributed by atoms with Crippen LogP contribution in [0.15, 0.2) is 73.1 Å². The summed E-state index contributed by atoms with van der Waals surface area (Å²) in [6.07, 6.45) is 4.44. The van der Waals surface area contributed by atoms with Crippen LogP contribution in [0, 0.1) is 0 Å². The molecule has 0 fully saturated rings.